The third kappa shape index (κ3) is 2.03. The van der Waals surface area contributed by atoms with E-state index in [9.17, 15) is 0 Å². The van der Waals surface area contributed by atoms with Gasteiger partial charge in [-0.05, 0) is 73.2 Å². The van der Waals surface area contributed by atoms with Gasteiger partial charge in [-0.1, -0.05) is 13.8 Å². The van der Waals surface area contributed by atoms with E-state index in [1.54, 1.807) is 0 Å². The van der Waals surface area contributed by atoms with Gasteiger partial charge in [-0.2, -0.15) is 0 Å². The van der Waals surface area contributed by atoms with Crippen molar-refractivity contribution in [1.82, 2.24) is 0 Å². The molecule has 0 radical (unpaired) electrons. The lowest BCUT2D eigenvalue weighted by Crippen LogP contribution is -2.56. The van der Waals surface area contributed by atoms with E-state index < -0.39 is 0 Å². The Bertz CT molecular complexity index is 436. The van der Waals surface area contributed by atoms with Crippen molar-refractivity contribution in [2.45, 2.75) is 71.3 Å². The van der Waals surface area contributed by atoms with Gasteiger partial charge in [0.15, 0.2) is 0 Å². The molecule has 5 aliphatic rings. The lowest BCUT2D eigenvalue weighted by Gasteiger charge is -2.66. The predicted molar refractivity (Wildman–Crippen MR) is 81.1 cm³/mol. The average molecular weight is 275 g/mol. The van der Waals surface area contributed by atoms with Crippen LogP contribution in [0.15, 0.2) is 11.8 Å². The molecule has 4 saturated carbocycles. The first kappa shape index (κ1) is 13.2. The van der Waals surface area contributed by atoms with Crippen LogP contribution in [-0.4, -0.2) is 12.6 Å². The van der Waals surface area contributed by atoms with Crippen LogP contribution in [0.2, 0.25) is 0 Å². The molecule has 112 valence electrons. The van der Waals surface area contributed by atoms with Crippen molar-refractivity contribution >= 4 is 0 Å². The van der Waals surface area contributed by atoms with Gasteiger partial charge in [0, 0.05) is 6.42 Å². The molecule has 0 aromatic carbocycles. The van der Waals surface area contributed by atoms with Gasteiger partial charge >= 0.3 is 0 Å². The summed E-state index contributed by atoms with van der Waals surface area (Å²) >= 11 is 0. The quantitative estimate of drug-likeness (QED) is 0.844. The smallest absolute Gasteiger partial charge is 0.109 e. The molecular formula is C18H29NO. The Balaban J connectivity index is 1.57. The zero-order valence-corrected chi connectivity index (χ0v) is 13.1. The first-order chi connectivity index (χ1) is 9.40. The average Bonchev–Trinajstić information content (AvgIpc) is 2.75. The monoisotopic (exact) mass is 275 g/mol. The highest BCUT2D eigenvalue weighted by Crippen LogP contribution is 2.70. The summed E-state index contributed by atoms with van der Waals surface area (Å²) in [4.78, 5) is 0. The molecule has 3 atom stereocenters. The molecule has 3 unspecified atom stereocenters. The fourth-order valence-electron chi connectivity index (χ4n) is 7.17. The van der Waals surface area contributed by atoms with Crippen LogP contribution < -0.4 is 5.73 Å². The first-order valence-corrected chi connectivity index (χ1v) is 8.48. The van der Waals surface area contributed by atoms with E-state index in [0.717, 1.165) is 31.1 Å². The van der Waals surface area contributed by atoms with Gasteiger partial charge in [0.25, 0.3) is 0 Å². The maximum absolute atomic E-state index is 6.49. The lowest BCUT2D eigenvalue weighted by atomic mass is 9.39. The third-order valence-corrected chi connectivity index (χ3v) is 6.49. The van der Waals surface area contributed by atoms with Crippen molar-refractivity contribution in [2.24, 2.45) is 27.9 Å². The fourth-order valence-corrected chi connectivity index (χ4v) is 7.17. The van der Waals surface area contributed by atoms with Crippen molar-refractivity contribution in [2.75, 3.05) is 6.61 Å². The molecule has 1 heterocycles. The highest BCUT2D eigenvalue weighted by molar-refractivity contribution is 5.14. The van der Waals surface area contributed by atoms with E-state index in [1.165, 1.54) is 38.5 Å². The van der Waals surface area contributed by atoms with Crippen molar-refractivity contribution in [3.05, 3.63) is 11.8 Å². The van der Waals surface area contributed by atoms with E-state index in [-0.39, 0.29) is 6.04 Å². The number of hydrogen-bond acceptors (Lipinski definition) is 2. The number of ether oxygens (including phenoxy) is 1. The molecule has 5 rings (SSSR count). The summed E-state index contributed by atoms with van der Waals surface area (Å²) in [5.74, 6) is 2.04. The van der Waals surface area contributed by atoms with Crippen LogP contribution in [0.1, 0.15) is 65.2 Å². The second kappa shape index (κ2) is 4.03. The number of rotatable bonds is 3. The predicted octanol–water partition coefficient (Wildman–Crippen LogP) is 4.00. The molecule has 4 bridgehead atoms. The number of hydrogen-bond donors (Lipinski definition) is 1. The summed E-state index contributed by atoms with van der Waals surface area (Å²) in [6.45, 7) is 5.93. The Labute approximate surface area is 123 Å². The molecule has 4 aliphatic carbocycles. The molecular weight excluding hydrogens is 246 g/mol. The summed E-state index contributed by atoms with van der Waals surface area (Å²) < 4.78 is 5.72. The summed E-state index contributed by atoms with van der Waals surface area (Å²) in [6.07, 6.45) is 13.1. The molecule has 0 spiro atoms. The van der Waals surface area contributed by atoms with Crippen LogP contribution >= 0.6 is 0 Å². The second-order valence-corrected chi connectivity index (χ2v) is 9.18. The maximum Gasteiger partial charge on any atom is 0.109 e. The van der Waals surface area contributed by atoms with Crippen LogP contribution in [0, 0.1) is 22.2 Å². The summed E-state index contributed by atoms with van der Waals surface area (Å²) in [5, 5.41) is 0. The topological polar surface area (TPSA) is 35.2 Å². The molecule has 2 heteroatoms. The highest BCUT2D eigenvalue weighted by atomic mass is 16.5. The van der Waals surface area contributed by atoms with E-state index in [1.807, 2.05) is 0 Å². The van der Waals surface area contributed by atoms with E-state index in [0.29, 0.717) is 16.2 Å². The third-order valence-electron chi connectivity index (χ3n) is 6.49. The maximum atomic E-state index is 6.49. The van der Waals surface area contributed by atoms with Gasteiger partial charge in [-0.25, -0.2) is 0 Å². The first-order valence-electron chi connectivity index (χ1n) is 8.48. The lowest BCUT2D eigenvalue weighted by molar-refractivity contribution is -0.149. The van der Waals surface area contributed by atoms with Crippen LogP contribution in [0.3, 0.4) is 0 Å². The van der Waals surface area contributed by atoms with Gasteiger partial charge in [0.2, 0.25) is 0 Å². The standard InChI is InChI=1S/C18H29NO/c1-16-6-13-7-17(2,10-16)12-18(8-13,11-16)9-14(19)15-4-3-5-20-15/h4,13-14H,3,5-12,19H2,1-2H3. The molecule has 2 nitrogen and oxygen atoms in total. The molecule has 2 N–H and O–H groups in total. The van der Waals surface area contributed by atoms with Gasteiger partial charge < -0.3 is 10.5 Å². The minimum atomic E-state index is 0.140. The molecule has 1 aliphatic heterocycles. The van der Waals surface area contributed by atoms with Crippen molar-refractivity contribution in [1.29, 1.82) is 0 Å². The minimum Gasteiger partial charge on any atom is -0.496 e. The largest absolute Gasteiger partial charge is 0.496 e. The number of nitrogens with two attached hydrogens (primary N) is 1. The highest BCUT2D eigenvalue weighted by Gasteiger charge is 2.60. The van der Waals surface area contributed by atoms with Crippen molar-refractivity contribution < 1.29 is 4.74 Å². The molecule has 0 aromatic rings. The van der Waals surface area contributed by atoms with Gasteiger partial charge in [-0.15, -0.1) is 0 Å². The molecule has 20 heavy (non-hydrogen) atoms. The summed E-state index contributed by atoms with van der Waals surface area (Å²) in [5.41, 5.74) is 8.19. The Kier molecular flexibility index (Phi) is 2.66. The molecule has 0 amide bonds. The van der Waals surface area contributed by atoms with Crippen LogP contribution in [-0.2, 0) is 4.74 Å². The zero-order chi connectivity index (χ0) is 14.0. The van der Waals surface area contributed by atoms with E-state index in [4.69, 9.17) is 10.5 Å². The van der Waals surface area contributed by atoms with Gasteiger partial charge in [-0.3, -0.25) is 0 Å². The molecule has 0 saturated heterocycles. The SMILES string of the molecule is CC12CC3CC(C)(C1)CC(CC(N)C1=CCCO1)(C3)C2. The Morgan fingerprint density at radius 2 is 1.90 bits per heavy atom. The van der Waals surface area contributed by atoms with Gasteiger partial charge in [0.1, 0.15) is 5.76 Å². The minimum absolute atomic E-state index is 0.140. The zero-order valence-electron chi connectivity index (χ0n) is 13.1. The molecule has 0 aromatic heterocycles. The Morgan fingerprint density at radius 3 is 2.45 bits per heavy atom. The Hall–Kier alpha value is -0.500. The van der Waals surface area contributed by atoms with Gasteiger partial charge in [0.05, 0.1) is 12.6 Å². The fraction of sp³-hybridized carbons (Fsp3) is 0.889. The van der Waals surface area contributed by atoms with E-state index in [2.05, 4.69) is 19.9 Å². The van der Waals surface area contributed by atoms with Crippen LogP contribution in [0.25, 0.3) is 0 Å². The van der Waals surface area contributed by atoms with Crippen molar-refractivity contribution in [3.8, 4) is 0 Å². The summed E-state index contributed by atoms with van der Waals surface area (Å²) in [7, 11) is 0. The van der Waals surface area contributed by atoms with E-state index >= 15 is 0 Å². The molecule has 4 fully saturated rings. The Morgan fingerprint density at radius 1 is 1.20 bits per heavy atom. The van der Waals surface area contributed by atoms with Crippen LogP contribution in [0.4, 0.5) is 0 Å². The van der Waals surface area contributed by atoms with Crippen LogP contribution in [0.5, 0.6) is 0 Å². The summed E-state index contributed by atoms with van der Waals surface area (Å²) in [6, 6.07) is 0.140. The normalized spacial score (nSPS) is 51.0. The van der Waals surface area contributed by atoms with Crippen molar-refractivity contribution in [3.63, 3.8) is 0 Å². The second-order valence-electron chi connectivity index (χ2n) is 9.18.